The van der Waals surface area contributed by atoms with Crippen LogP contribution in [0.5, 0.6) is 17.2 Å². The van der Waals surface area contributed by atoms with Gasteiger partial charge in [0.15, 0.2) is 17.8 Å². The molecule has 1 saturated heterocycles. The van der Waals surface area contributed by atoms with Gasteiger partial charge in [-0.25, -0.2) is 4.98 Å². The summed E-state index contributed by atoms with van der Waals surface area (Å²) >= 11 is 0. The highest BCUT2D eigenvalue weighted by molar-refractivity contribution is 5.76. The van der Waals surface area contributed by atoms with Gasteiger partial charge in [0.1, 0.15) is 19.0 Å². The fraction of sp³-hybridized carbons (Fsp3) is 0.435. The monoisotopic (exact) mass is 454 g/mol. The Hall–Kier alpha value is -3.21. The highest BCUT2D eigenvalue weighted by Crippen LogP contribution is 2.29. The molecule has 174 valence electrons. The Balaban J connectivity index is 1.13. The SMILES string of the molecule is COc1ccc2ncc(=O)n(CCC3OCC(NCc4cc5c(cn4)OCCO5)CO3)c2c1. The van der Waals surface area contributed by atoms with E-state index in [1.807, 2.05) is 24.3 Å². The number of aryl methyl sites for hydroxylation is 1. The molecule has 0 amide bonds. The predicted octanol–water partition coefficient (Wildman–Crippen LogP) is 1.49. The molecule has 33 heavy (non-hydrogen) atoms. The van der Waals surface area contributed by atoms with Gasteiger partial charge in [-0.15, -0.1) is 0 Å². The zero-order chi connectivity index (χ0) is 22.6. The smallest absolute Gasteiger partial charge is 0.269 e. The van der Waals surface area contributed by atoms with Gasteiger partial charge < -0.3 is 33.6 Å². The summed E-state index contributed by atoms with van der Waals surface area (Å²) in [5, 5.41) is 3.40. The van der Waals surface area contributed by atoms with E-state index in [-0.39, 0.29) is 17.9 Å². The zero-order valence-corrected chi connectivity index (χ0v) is 18.4. The van der Waals surface area contributed by atoms with E-state index >= 15 is 0 Å². The maximum Gasteiger partial charge on any atom is 0.269 e. The lowest BCUT2D eigenvalue weighted by molar-refractivity contribution is -0.193. The molecule has 4 heterocycles. The maximum atomic E-state index is 12.4. The lowest BCUT2D eigenvalue weighted by Gasteiger charge is -2.30. The Kier molecular flexibility index (Phi) is 6.38. The van der Waals surface area contributed by atoms with Crippen LogP contribution in [-0.2, 0) is 22.6 Å². The van der Waals surface area contributed by atoms with Crippen molar-refractivity contribution in [2.45, 2.75) is 31.8 Å². The van der Waals surface area contributed by atoms with E-state index in [0.717, 1.165) is 22.5 Å². The second-order valence-electron chi connectivity index (χ2n) is 7.88. The number of nitrogens with one attached hydrogen (secondary N) is 1. The summed E-state index contributed by atoms with van der Waals surface area (Å²) in [5.74, 6) is 2.08. The van der Waals surface area contributed by atoms with Crippen LogP contribution in [0.15, 0.2) is 41.5 Å². The van der Waals surface area contributed by atoms with E-state index in [1.54, 1.807) is 17.9 Å². The van der Waals surface area contributed by atoms with Gasteiger partial charge in [-0.05, 0) is 12.1 Å². The number of aromatic nitrogens is 3. The van der Waals surface area contributed by atoms with Crippen LogP contribution in [0.3, 0.4) is 0 Å². The number of methoxy groups -OCH3 is 1. The van der Waals surface area contributed by atoms with Gasteiger partial charge in [0.05, 0.1) is 55.5 Å². The van der Waals surface area contributed by atoms with Crippen molar-refractivity contribution in [1.82, 2.24) is 19.9 Å². The molecule has 0 bridgehead atoms. The standard InChI is InChI=1S/C23H26N4O6/c1-29-17-2-3-18-19(9-17)27(22(28)12-26-18)5-4-23-32-13-16(14-33-23)24-10-15-8-20-21(11-25-15)31-7-6-30-20/h2-3,8-9,11-12,16,23-24H,4-7,10,13-14H2,1H3. The molecule has 1 aromatic carbocycles. The van der Waals surface area contributed by atoms with Crippen molar-refractivity contribution in [2.24, 2.45) is 0 Å². The summed E-state index contributed by atoms with van der Waals surface area (Å²) in [4.78, 5) is 21.0. The zero-order valence-electron chi connectivity index (χ0n) is 18.4. The number of benzene rings is 1. The van der Waals surface area contributed by atoms with Crippen LogP contribution in [0.25, 0.3) is 11.0 Å². The molecule has 2 aromatic heterocycles. The number of pyridine rings is 1. The molecule has 1 N–H and O–H groups in total. The third-order valence-corrected chi connectivity index (χ3v) is 5.67. The lowest BCUT2D eigenvalue weighted by Crippen LogP contribution is -2.44. The molecule has 10 heteroatoms. The molecule has 0 atom stereocenters. The maximum absolute atomic E-state index is 12.4. The Morgan fingerprint density at radius 3 is 2.73 bits per heavy atom. The summed E-state index contributed by atoms with van der Waals surface area (Å²) < 4.78 is 29.8. The van der Waals surface area contributed by atoms with Crippen LogP contribution in [0.2, 0.25) is 0 Å². The highest BCUT2D eigenvalue weighted by Gasteiger charge is 2.23. The van der Waals surface area contributed by atoms with Crippen molar-refractivity contribution in [3.63, 3.8) is 0 Å². The van der Waals surface area contributed by atoms with E-state index in [2.05, 4.69) is 15.3 Å². The van der Waals surface area contributed by atoms with Gasteiger partial charge in [0.25, 0.3) is 5.56 Å². The molecule has 1 fully saturated rings. The summed E-state index contributed by atoms with van der Waals surface area (Å²) in [6, 6.07) is 7.42. The molecular weight excluding hydrogens is 428 g/mol. The first kappa shape index (κ1) is 21.6. The Labute approximate surface area is 190 Å². The quantitative estimate of drug-likeness (QED) is 0.568. The summed E-state index contributed by atoms with van der Waals surface area (Å²) in [5.41, 5.74) is 2.15. The minimum atomic E-state index is -0.379. The predicted molar refractivity (Wildman–Crippen MR) is 119 cm³/mol. The minimum absolute atomic E-state index is 0.0463. The van der Waals surface area contributed by atoms with E-state index < -0.39 is 0 Å². The summed E-state index contributed by atoms with van der Waals surface area (Å²) in [6.45, 7) is 3.13. The molecule has 3 aromatic rings. The van der Waals surface area contributed by atoms with Gasteiger partial charge in [-0.1, -0.05) is 0 Å². The van der Waals surface area contributed by atoms with Crippen molar-refractivity contribution in [3.8, 4) is 17.2 Å². The van der Waals surface area contributed by atoms with Crippen LogP contribution >= 0.6 is 0 Å². The molecule has 10 nitrogen and oxygen atoms in total. The van der Waals surface area contributed by atoms with E-state index in [4.69, 9.17) is 23.7 Å². The molecule has 0 saturated carbocycles. The topological polar surface area (TPSA) is 106 Å². The number of ether oxygens (including phenoxy) is 5. The van der Waals surface area contributed by atoms with Crippen LogP contribution in [0.4, 0.5) is 0 Å². The first-order valence-electron chi connectivity index (χ1n) is 10.9. The van der Waals surface area contributed by atoms with E-state index in [0.29, 0.717) is 57.4 Å². The molecule has 0 radical (unpaired) electrons. The van der Waals surface area contributed by atoms with Gasteiger partial charge in [-0.3, -0.25) is 9.78 Å². The lowest BCUT2D eigenvalue weighted by atomic mass is 10.2. The van der Waals surface area contributed by atoms with Crippen LogP contribution in [0, 0.1) is 0 Å². The van der Waals surface area contributed by atoms with Gasteiger partial charge >= 0.3 is 0 Å². The average molecular weight is 454 g/mol. The van der Waals surface area contributed by atoms with Crippen molar-refractivity contribution >= 4 is 11.0 Å². The average Bonchev–Trinajstić information content (AvgIpc) is 2.87. The number of nitrogens with zero attached hydrogens (tertiary/aromatic N) is 3. The van der Waals surface area contributed by atoms with Gasteiger partial charge in [-0.2, -0.15) is 0 Å². The molecular formula is C23H26N4O6. The number of rotatable bonds is 7. The summed E-state index contributed by atoms with van der Waals surface area (Å²) in [6.07, 6.45) is 3.20. The first-order valence-corrected chi connectivity index (χ1v) is 10.9. The molecule has 0 spiro atoms. The third kappa shape index (κ3) is 4.92. The van der Waals surface area contributed by atoms with Crippen molar-refractivity contribution in [3.05, 3.63) is 52.7 Å². The van der Waals surface area contributed by atoms with Gasteiger partial charge in [0, 0.05) is 31.6 Å². The first-order chi connectivity index (χ1) is 16.2. The number of hydrogen-bond donors (Lipinski definition) is 1. The second-order valence-corrected chi connectivity index (χ2v) is 7.88. The van der Waals surface area contributed by atoms with E-state index in [9.17, 15) is 4.79 Å². The van der Waals surface area contributed by atoms with Crippen LogP contribution < -0.4 is 25.1 Å². The Morgan fingerprint density at radius 1 is 1.09 bits per heavy atom. The Bertz CT molecular complexity index is 1180. The van der Waals surface area contributed by atoms with E-state index in [1.165, 1.54) is 6.20 Å². The molecule has 2 aliphatic heterocycles. The largest absolute Gasteiger partial charge is 0.497 e. The van der Waals surface area contributed by atoms with Gasteiger partial charge in [0.2, 0.25) is 0 Å². The van der Waals surface area contributed by atoms with Crippen LogP contribution in [-0.4, -0.2) is 60.4 Å². The number of fused-ring (bicyclic) bond motifs is 2. The molecule has 0 aliphatic carbocycles. The normalized spacial score (nSPS) is 20.0. The number of hydrogen-bond acceptors (Lipinski definition) is 9. The molecule has 0 unspecified atom stereocenters. The van der Waals surface area contributed by atoms with Crippen LogP contribution in [0.1, 0.15) is 12.1 Å². The van der Waals surface area contributed by atoms with Crippen molar-refractivity contribution in [2.75, 3.05) is 33.5 Å². The highest BCUT2D eigenvalue weighted by atomic mass is 16.7. The Morgan fingerprint density at radius 2 is 1.91 bits per heavy atom. The van der Waals surface area contributed by atoms with Crippen molar-refractivity contribution < 1.29 is 23.7 Å². The van der Waals surface area contributed by atoms with Crippen molar-refractivity contribution in [1.29, 1.82) is 0 Å². The second kappa shape index (κ2) is 9.74. The fourth-order valence-corrected chi connectivity index (χ4v) is 3.90. The summed E-state index contributed by atoms with van der Waals surface area (Å²) in [7, 11) is 1.60. The molecule has 2 aliphatic rings. The molecule has 5 rings (SSSR count). The third-order valence-electron chi connectivity index (χ3n) is 5.67. The minimum Gasteiger partial charge on any atom is -0.497 e. The fourth-order valence-electron chi connectivity index (χ4n) is 3.90.